The summed E-state index contributed by atoms with van der Waals surface area (Å²) in [6.07, 6.45) is 2.26. The number of likely N-dealkylation sites (tertiary alicyclic amines) is 1. The normalized spacial score (nSPS) is 16.8. The molecule has 0 radical (unpaired) electrons. The summed E-state index contributed by atoms with van der Waals surface area (Å²) in [5.74, 6) is 0.159. The Kier molecular flexibility index (Phi) is 5.52. The molecule has 1 heterocycles. The molecule has 5 heteroatoms. The van der Waals surface area contributed by atoms with E-state index in [9.17, 15) is 4.79 Å². The van der Waals surface area contributed by atoms with Crippen molar-refractivity contribution in [3.05, 3.63) is 71.3 Å². The fourth-order valence-corrected chi connectivity index (χ4v) is 3.56. The molecule has 0 saturated carbocycles. The Labute approximate surface area is 159 Å². The van der Waals surface area contributed by atoms with Crippen LogP contribution in [0.25, 0.3) is 0 Å². The van der Waals surface area contributed by atoms with Gasteiger partial charge in [0.25, 0.3) is 0 Å². The van der Waals surface area contributed by atoms with Crippen molar-refractivity contribution in [1.82, 2.24) is 4.90 Å². The van der Waals surface area contributed by atoms with E-state index in [-0.39, 0.29) is 11.9 Å². The number of hydrogen-bond acceptors (Lipinski definition) is 3. The average molecular weight is 370 g/mol. The number of nitrogens with two attached hydrogens (primary N) is 1. The Morgan fingerprint density at radius 3 is 2.81 bits per heavy atom. The van der Waals surface area contributed by atoms with E-state index in [1.54, 1.807) is 6.08 Å². The molecule has 1 aliphatic heterocycles. The van der Waals surface area contributed by atoms with E-state index >= 15 is 0 Å². The number of benzene rings is 2. The van der Waals surface area contributed by atoms with Crippen LogP contribution < -0.4 is 10.6 Å². The second-order valence-corrected chi connectivity index (χ2v) is 7.11. The summed E-state index contributed by atoms with van der Waals surface area (Å²) in [6.45, 7) is 7.83. The molecule has 2 N–H and O–H groups in total. The molecule has 26 heavy (non-hydrogen) atoms. The number of hydrogen-bond donors (Lipinski definition) is 1. The van der Waals surface area contributed by atoms with Crippen molar-refractivity contribution >= 4 is 28.9 Å². The number of carbonyl (C=O) groups excluding carboxylic acids is 1. The van der Waals surface area contributed by atoms with Crippen LogP contribution in [0.4, 0.5) is 11.4 Å². The van der Waals surface area contributed by atoms with Gasteiger partial charge in [0, 0.05) is 31.7 Å². The highest BCUT2D eigenvalue weighted by molar-refractivity contribution is 6.33. The number of nitrogen functional groups attached to an aromatic ring is 1. The quantitative estimate of drug-likeness (QED) is 0.618. The van der Waals surface area contributed by atoms with Gasteiger partial charge in [0.1, 0.15) is 0 Å². The number of amides is 1. The average Bonchev–Trinajstić information content (AvgIpc) is 2.98. The van der Waals surface area contributed by atoms with Gasteiger partial charge in [0.05, 0.1) is 16.8 Å². The van der Waals surface area contributed by atoms with E-state index in [0.717, 1.165) is 5.69 Å². The molecule has 0 unspecified atom stereocenters. The third kappa shape index (κ3) is 3.86. The van der Waals surface area contributed by atoms with E-state index in [1.165, 1.54) is 11.1 Å². The maximum absolute atomic E-state index is 12.4. The predicted octanol–water partition coefficient (Wildman–Crippen LogP) is 4.02. The minimum absolute atomic E-state index is 0.0850. The summed E-state index contributed by atoms with van der Waals surface area (Å²) in [5, 5.41) is 0.532. The largest absolute Gasteiger partial charge is 0.398 e. The summed E-state index contributed by atoms with van der Waals surface area (Å²) >= 11 is 6.26. The molecule has 136 valence electrons. The predicted molar refractivity (Wildman–Crippen MR) is 108 cm³/mol. The van der Waals surface area contributed by atoms with Crippen molar-refractivity contribution in [3.63, 3.8) is 0 Å². The number of anilines is 2. The van der Waals surface area contributed by atoms with Gasteiger partial charge in [-0.3, -0.25) is 4.79 Å². The van der Waals surface area contributed by atoms with E-state index in [4.69, 9.17) is 17.3 Å². The fraction of sp³-hybridized carbons (Fsp3) is 0.286. The molecular weight excluding hydrogens is 346 g/mol. The third-order valence-corrected chi connectivity index (χ3v) is 5.23. The topological polar surface area (TPSA) is 49.6 Å². The second kappa shape index (κ2) is 7.83. The zero-order chi connectivity index (χ0) is 18.7. The Hall–Kier alpha value is -2.46. The summed E-state index contributed by atoms with van der Waals surface area (Å²) < 4.78 is 0. The molecule has 1 fully saturated rings. The van der Waals surface area contributed by atoms with Crippen molar-refractivity contribution in [2.45, 2.75) is 25.9 Å². The molecule has 0 bridgehead atoms. The minimum Gasteiger partial charge on any atom is -0.398 e. The smallest absolute Gasteiger partial charge is 0.225 e. The van der Waals surface area contributed by atoms with E-state index in [0.29, 0.717) is 36.8 Å². The molecule has 2 aromatic carbocycles. The zero-order valence-electron chi connectivity index (χ0n) is 15.0. The van der Waals surface area contributed by atoms with Crippen molar-refractivity contribution in [2.75, 3.05) is 23.7 Å². The summed E-state index contributed by atoms with van der Waals surface area (Å²) in [6, 6.07) is 14.1. The number of rotatable bonds is 6. The minimum atomic E-state index is 0.0850. The van der Waals surface area contributed by atoms with Crippen LogP contribution in [0.3, 0.4) is 0 Å². The standard InChI is InChI=1S/C21H24ClN3O/c1-3-10-24-14-18(12-21(24)26)25(13-16-7-5-4-6-15(16)2)17-8-9-20(23)19(22)11-17/h3-9,11,18H,1,10,12-14,23H2,2H3/t18-/m0/s1. The Morgan fingerprint density at radius 2 is 2.12 bits per heavy atom. The maximum Gasteiger partial charge on any atom is 0.225 e. The van der Waals surface area contributed by atoms with Crippen LogP contribution in [0, 0.1) is 6.92 Å². The number of nitrogens with zero attached hydrogens (tertiary/aromatic N) is 2. The third-order valence-electron chi connectivity index (χ3n) is 4.90. The van der Waals surface area contributed by atoms with Crippen molar-refractivity contribution in [2.24, 2.45) is 0 Å². The van der Waals surface area contributed by atoms with Gasteiger partial charge in [-0.15, -0.1) is 6.58 Å². The van der Waals surface area contributed by atoms with E-state index < -0.39 is 0 Å². The monoisotopic (exact) mass is 369 g/mol. The SMILES string of the molecule is C=CCN1C[C@@H](N(Cc2ccccc2C)c2ccc(N)c(Cl)c2)CC1=O. The van der Waals surface area contributed by atoms with Gasteiger partial charge >= 0.3 is 0 Å². The summed E-state index contributed by atoms with van der Waals surface area (Å²) in [5.41, 5.74) is 9.87. The molecule has 1 aliphatic rings. The molecule has 1 atom stereocenters. The van der Waals surface area contributed by atoms with Gasteiger partial charge in [-0.25, -0.2) is 0 Å². The lowest BCUT2D eigenvalue weighted by atomic mass is 10.1. The molecule has 0 spiro atoms. The molecule has 1 saturated heterocycles. The van der Waals surface area contributed by atoms with Crippen LogP contribution in [0.15, 0.2) is 55.1 Å². The van der Waals surface area contributed by atoms with Gasteiger partial charge < -0.3 is 15.5 Å². The second-order valence-electron chi connectivity index (χ2n) is 6.71. The molecule has 0 aliphatic carbocycles. The number of halogens is 1. The van der Waals surface area contributed by atoms with Gasteiger partial charge in [-0.1, -0.05) is 41.9 Å². The molecule has 3 rings (SSSR count). The molecular formula is C21H24ClN3O. The van der Waals surface area contributed by atoms with E-state index in [2.05, 4.69) is 30.5 Å². The number of aryl methyl sites for hydroxylation is 1. The zero-order valence-corrected chi connectivity index (χ0v) is 15.7. The Balaban J connectivity index is 1.93. The first-order valence-electron chi connectivity index (χ1n) is 8.74. The van der Waals surface area contributed by atoms with Crippen molar-refractivity contribution in [1.29, 1.82) is 0 Å². The van der Waals surface area contributed by atoms with Crippen LogP contribution in [0.2, 0.25) is 5.02 Å². The lowest BCUT2D eigenvalue weighted by Gasteiger charge is -2.32. The van der Waals surface area contributed by atoms with E-state index in [1.807, 2.05) is 35.2 Å². The lowest BCUT2D eigenvalue weighted by Crippen LogP contribution is -2.37. The van der Waals surface area contributed by atoms with Crippen LogP contribution in [0.1, 0.15) is 17.5 Å². The molecule has 2 aromatic rings. The van der Waals surface area contributed by atoms with Crippen molar-refractivity contribution < 1.29 is 4.79 Å². The first-order chi connectivity index (χ1) is 12.5. The first-order valence-corrected chi connectivity index (χ1v) is 9.12. The highest BCUT2D eigenvalue weighted by atomic mass is 35.5. The first kappa shape index (κ1) is 18.3. The Morgan fingerprint density at radius 1 is 1.35 bits per heavy atom. The van der Waals surface area contributed by atoms with Crippen LogP contribution in [0.5, 0.6) is 0 Å². The van der Waals surface area contributed by atoms with Gasteiger partial charge in [-0.2, -0.15) is 0 Å². The summed E-state index contributed by atoms with van der Waals surface area (Å²) in [7, 11) is 0. The highest BCUT2D eigenvalue weighted by Crippen LogP contribution is 2.31. The van der Waals surface area contributed by atoms with Crippen molar-refractivity contribution in [3.8, 4) is 0 Å². The number of carbonyl (C=O) groups is 1. The fourth-order valence-electron chi connectivity index (χ4n) is 3.39. The Bertz CT molecular complexity index is 821. The van der Waals surface area contributed by atoms with Gasteiger partial charge in [-0.05, 0) is 36.2 Å². The molecule has 1 amide bonds. The highest BCUT2D eigenvalue weighted by Gasteiger charge is 2.33. The lowest BCUT2D eigenvalue weighted by molar-refractivity contribution is -0.127. The van der Waals surface area contributed by atoms with Crippen LogP contribution >= 0.6 is 11.6 Å². The van der Waals surface area contributed by atoms with Crippen LogP contribution in [-0.2, 0) is 11.3 Å². The van der Waals surface area contributed by atoms with Crippen LogP contribution in [-0.4, -0.2) is 29.9 Å². The van der Waals surface area contributed by atoms with Gasteiger partial charge in [0.15, 0.2) is 0 Å². The molecule has 0 aromatic heterocycles. The molecule has 4 nitrogen and oxygen atoms in total. The maximum atomic E-state index is 12.4. The summed E-state index contributed by atoms with van der Waals surface area (Å²) in [4.78, 5) is 16.5. The van der Waals surface area contributed by atoms with Gasteiger partial charge in [0.2, 0.25) is 5.91 Å².